The van der Waals surface area contributed by atoms with Crippen LogP contribution in [0.15, 0.2) is 48.5 Å². The van der Waals surface area contributed by atoms with Crippen molar-refractivity contribution in [1.82, 2.24) is 20.9 Å². The summed E-state index contributed by atoms with van der Waals surface area (Å²) < 4.78 is 12.9. The second kappa shape index (κ2) is 11.8. The first-order chi connectivity index (χ1) is 14.0. The number of carbonyl (C=O) groups is 2. The summed E-state index contributed by atoms with van der Waals surface area (Å²) in [5.74, 6) is -0.590. The van der Waals surface area contributed by atoms with Crippen molar-refractivity contribution in [2.24, 2.45) is 0 Å². The molecule has 0 fully saturated rings. The maximum Gasteiger partial charge on any atom is 0.315 e. The Kier molecular flexibility index (Phi) is 9.11. The molecule has 2 aromatic rings. The van der Waals surface area contributed by atoms with E-state index in [0.717, 1.165) is 30.8 Å². The highest BCUT2D eigenvalue weighted by Crippen LogP contribution is 2.11. The number of urea groups is 1. The number of nitrogens with zero attached hydrogens (tertiary/aromatic N) is 1. The van der Waals surface area contributed by atoms with Crippen LogP contribution in [-0.2, 0) is 24.4 Å². The van der Waals surface area contributed by atoms with Gasteiger partial charge in [-0.25, -0.2) is 9.18 Å². The molecule has 0 spiro atoms. The quantitative estimate of drug-likeness (QED) is 0.574. The molecule has 0 aromatic heterocycles. The van der Waals surface area contributed by atoms with Crippen LogP contribution in [0, 0.1) is 5.82 Å². The first-order valence-corrected chi connectivity index (χ1v) is 9.83. The van der Waals surface area contributed by atoms with Gasteiger partial charge < -0.3 is 16.0 Å². The third kappa shape index (κ3) is 7.91. The second-order valence-electron chi connectivity index (χ2n) is 6.67. The van der Waals surface area contributed by atoms with Gasteiger partial charge in [0.2, 0.25) is 5.91 Å². The van der Waals surface area contributed by atoms with Crippen LogP contribution in [0.2, 0.25) is 0 Å². The summed E-state index contributed by atoms with van der Waals surface area (Å²) in [4.78, 5) is 26.2. The molecule has 0 bridgehead atoms. The molecule has 156 valence electrons. The zero-order valence-corrected chi connectivity index (χ0v) is 17.0. The third-order valence-corrected chi connectivity index (χ3v) is 4.66. The summed E-state index contributed by atoms with van der Waals surface area (Å²) in [5.41, 5.74) is 3.02. The maximum absolute atomic E-state index is 12.9. The molecular formula is C22H29FN4O2. The standard InChI is InChI=1S/C22H29FN4O2/c1-3-27(4-2)16-19-8-6-5-7-18(19)14-24-21(28)15-26-22(29)25-13-17-9-11-20(23)12-10-17/h5-12H,3-4,13-16H2,1-2H3,(H,24,28)(H2,25,26,29). The summed E-state index contributed by atoms with van der Waals surface area (Å²) in [6.07, 6.45) is 0. The van der Waals surface area contributed by atoms with Crippen molar-refractivity contribution in [3.05, 3.63) is 71.0 Å². The molecule has 2 rings (SSSR count). The van der Waals surface area contributed by atoms with Gasteiger partial charge in [0.25, 0.3) is 0 Å². The van der Waals surface area contributed by atoms with Crippen molar-refractivity contribution >= 4 is 11.9 Å². The number of rotatable bonds is 10. The number of amides is 3. The topological polar surface area (TPSA) is 73.5 Å². The van der Waals surface area contributed by atoms with Crippen molar-refractivity contribution in [3.63, 3.8) is 0 Å². The van der Waals surface area contributed by atoms with Crippen LogP contribution in [0.5, 0.6) is 0 Å². The first-order valence-electron chi connectivity index (χ1n) is 9.83. The van der Waals surface area contributed by atoms with Gasteiger partial charge in [0.15, 0.2) is 0 Å². The number of hydrogen-bond acceptors (Lipinski definition) is 3. The summed E-state index contributed by atoms with van der Waals surface area (Å²) in [7, 11) is 0. The van der Waals surface area contributed by atoms with Gasteiger partial charge in [-0.3, -0.25) is 9.69 Å². The predicted molar refractivity (Wildman–Crippen MR) is 112 cm³/mol. The molecule has 0 saturated carbocycles. The fourth-order valence-electron chi connectivity index (χ4n) is 2.84. The van der Waals surface area contributed by atoms with Gasteiger partial charge in [-0.15, -0.1) is 0 Å². The minimum atomic E-state index is -0.452. The van der Waals surface area contributed by atoms with E-state index in [9.17, 15) is 14.0 Å². The molecular weight excluding hydrogens is 371 g/mol. The van der Waals surface area contributed by atoms with Crippen molar-refractivity contribution in [2.45, 2.75) is 33.5 Å². The highest BCUT2D eigenvalue weighted by Gasteiger charge is 2.09. The van der Waals surface area contributed by atoms with E-state index < -0.39 is 6.03 Å². The van der Waals surface area contributed by atoms with E-state index in [4.69, 9.17) is 0 Å². The highest BCUT2D eigenvalue weighted by molar-refractivity contribution is 5.83. The smallest absolute Gasteiger partial charge is 0.315 e. The lowest BCUT2D eigenvalue weighted by atomic mass is 10.1. The maximum atomic E-state index is 12.9. The van der Waals surface area contributed by atoms with Crippen LogP contribution < -0.4 is 16.0 Å². The summed E-state index contributed by atoms with van der Waals surface area (Å²) >= 11 is 0. The Bertz CT molecular complexity index is 792. The summed E-state index contributed by atoms with van der Waals surface area (Å²) in [5, 5.41) is 8.00. The van der Waals surface area contributed by atoms with Gasteiger partial charge in [-0.1, -0.05) is 50.2 Å². The molecule has 0 radical (unpaired) electrons. The molecule has 3 amide bonds. The van der Waals surface area contributed by atoms with Gasteiger partial charge >= 0.3 is 6.03 Å². The molecule has 2 aromatic carbocycles. The fraction of sp³-hybridized carbons (Fsp3) is 0.364. The predicted octanol–water partition coefficient (Wildman–Crippen LogP) is 2.78. The Morgan fingerprint density at radius 2 is 1.52 bits per heavy atom. The van der Waals surface area contributed by atoms with Crippen LogP contribution >= 0.6 is 0 Å². The average Bonchev–Trinajstić information content (AvgIpc) is 2.74. The fourth-order valence-corrected chi connectivity index (χ4v) is 2.84. The Morgan fingerprint density at radius 3 is 2.17 bits per heavy atom. The van der Waals surface area contributed by atoms with Gasteiger partial charge in [0.1, 0.15) is 5.82 Å². The van der Waals surface area contributed by atoms with E-state index in [0.29, 0.717) is 6.54 Å². The van der Waals surface area contributed by atoms with E-state index in [2.05, 4.69) is 40.8 Å². The number of nitrogens with one attached hydrogen (secondary N) is 3. The van der Waals surface area contributed by atoms with E-state index >= 15 is 0 Å². The molecule has 0 atom stereocenters. The number of carbonyl (C=O) groups excluding carboxylic acids is 2. The number of halogens is 1. The largest absolute Gasteiger partial charge is 0.350 e. The minimum Gasteiger partial charge on any atom is -0.350 e. The van der Waals surface area contributed by atoms with E-state index in [1.54, 1.807) is 12.1 Å². The molecule has 0 unspecified atom stereocenters. The molecule has 3 N–H and O–H groups in total. The molecule has 0 aliphatic heterocycles. The Morgan fingerprint density at radius 1 is 0.862 bits per heavy atom. The Hall–Kier alpha value is -2.93. The molecule has 0 aliphatic carbocycles. The molecule has 0 saturated heterocycles. The van der Waals surface area contributed by atoms with Crippen LogP contribution in [-0.4, -0.2) is 36.5 Å². The lowest BCUT2D eigenvalue weighted by Crippen LogP contribution is -2.41. The van der Waals surface area contributed by atoms with E-state index in [-0.39, 0.29) is 24.8 Å². The number of benzene rings is 2. The van der Waals surface area contributed by atoms with Gasteiger partial charge in [0, 0.05) is 19.6 Å². The molecule has 0 aliphatic rings. The van der Waals surface area contributed by atoms with Crippen LogP contribution in [0.4, 0.5) is 9.18 Å². The lowest BCUT2D eigenvalue weighted by molar-refractivity contribution is -0.120. The van der Waals surface area contributed by atoms with Crippen molar-refractivity contribution in [1.29, 1.82) is 0 Å². The van der Waals surface area contributed by atoms with E-state index in [1.807, 2.05) is 18.2 Å². The van der Waals surface area contributed by atoms with Crippen LogP contribution in [0.1, 0.15) is 30.5 Å². The first kappa shape index (κ1) is 22.4. The summed E-state index contributed by atoms with van der Waals surface area (Å²) in [6.45, 7) is 7.57. The average molecular weight is 400 g/mol. The SMILES string of the molecule is CCN(CC)Cc1ccccc1CNC(=O)CNC(=O)NCc1ccc(F)cc1. The minimum absolute atomic E-state index is 0.118. The van der Waals surface area contributed by atoms with Crippen molar-refractivity contribution < 1.29 is 14.0 Å². The number of hydrogen-bond donors (Lipinski definition) is 3. The zero-order valence-electron chi connectivity index (χ0n) is 17.0. The highest BCUT2D eigenvalue weighted by atomic mass is 19.1. The normalized spacial score (nSPS) is 10.6. The van der Waals surface area contributed by atoms with Gasteiger partial charge in [-0.05, 0) is 41.9 Å². The molecule has 0 heterocycles. The Labute approximate surface area is 171 Å². The Balaban J connectivity index is 1.74. The van der Waals surface area contributed by atoms with Crippen LogP contribution in [0.25, 0.3) is 0 Å². The molecule has 7 heteroatoms. The zero-order chi connectivity index (χ0) is 21.1. The lowest BCUT2D eigenvalue weighted by Gasteiger charge is -2.20. The monoisotopic (exact) mass is 400 g/mol. The third-order valence-electron chi connectivity index (χ3n) is 4.66. The van der Waals surface area contributed by atoms with Gasteiger partial charge in [0.05, 0.1) is 6.54 Å². The van der Waals surface area contributed by atoms with Crippen molar-refractivity contribution in [2.75, 3.05) is 19.6 Å². The van der Waals surface area contributed by atoms with Crippen LogP contribution in [0.3, 0.4) is 0 Å². The molecule has 29 heavy (non-hydrogen) atoms. The van der Waals surface area contributed by atoms with Crippen molar-refractivity contribution in [3.8, 4) is 0 Å². The van der Waals surface area contributed by atoms with E-state index in [1.165, 1.54) is 17.7 Å². The van der Waals surface area contributed by atoms with Gasteiger partial charge in [-0.2, -0.15) is 0 Å². The summed E-state index contributed by atoms with van der Waals surface area (Å²) in [6, 6.07) is 13.4. The molecule has 6 nitrogen and oxygen atoms in total. The second-order valence-corrected chi connectivity index (χ2v) is 6.67.